The lowest BCUT2D eigenvalue weighted by molar-refractivity contribution is -0.401. The molecule has 4 heterocycles. The maximum Gasteiger partial charge on any atom is 0.210 e. The summed E-state index contributed by atoms with van der Waals surface area (Å²) in [5.41, 5.74) is 17.6. The number of nitrogens with zero attached hydrogens (tertiary/aromatic N) is 4. The Morgan fingerprint density at radius 1 is 0.458 bits per heavy atom. The fourth-order valence-electron chi connectivity index (χ4n) is 15.4. The summed E-state index contributed by atoms with van der Waals surface area (Å²) in [4.78, 5) is 5.20. The van der Waals surface area contributed by atoms with E-state index >= 15 is 0 Å². The topological polar surface area (TPSA) is 12.5 Å². The van der Waals surface area contributed by atoms with Gasteiger partial charge in [-0.1, -0.05) is 176 Å². The van der Waals surface area contributed by atoms with E-state index in [2.05, 4.69) is 282 Å². The highest BCUT2D eigenvalue weighted by molar-refractivity contribution is 6.11. The molecule has 12 rings (SSSR count). The maximum atomic E-state index is 3.58. The summed E-state index contributed by atoms with van der Waals surface area (Å²) in [6, 6.07) is 50.5. The Kier molecular flexibility index (Phi) is 14.4. The molecule has 8 aromatic rings. The van der Waals surface area contributed by atoms with Gasteiger partial charge < -0.3 is 9.80 Å². The van der Waals surface area contributed by atoms with Crippen LogP contribution in [0.15, 0.2) is 181 Å². The Hall–Kier alpha value is -8.18. The minimum absolute atomic E-state index is 0.175. The van der Waals surface area contributed by atoms with E-state index in [-0.39, 0.29) is 21.7 Å². The van der Waals surface area contributed by atoms with Gasteiger partial charge in [-0.25, -0.2) is 0 Å². The number of anilines is 2. The molecule has 4 heteroatoms. The van der Waals surface area contributed by atoms with Gasteiger partial charge in [0.25, 0.3) is 0 Å². The van der Waals surface area contributed by atoms with Crippen molar-refractivity contribution in [1.82, 2.24) is 0 Å². The van der Waals surface area contributed by atoms with Crippen LogP contribution in [0.4, 0.5) is 22.7 Å². The number of unbranched alkanes of at least 4 members (excludes halogenated alkanes) is 2. The van der Waals surface area contributed by atoms with Crippen LogP contribution in [0.3, 0.4) is 0 Å². The van der Waals surface area contributed by atoms with Crippen LogP contribution in [-0.2, 0) is 28.1 Å². The molecule has 4 aliphatic rings. The van der Waals surface area contributed by atoms with Gasteiger partial charge in [-0.2, -0.15) is 9.15 Å². The average Bonchev–Trinajstić information content (AvgIpc) is 3.25. The van der Waals surface area contributed by atoms with Gasteiger partial charge in [-0.15, -0.1) is 23.7 Å². The molecular weight excluding hydrogens is 1000 g/mol. The van der Waals surface area contributed by atoms with Crippen molar-refractivity contribution >= 4 is 77.3 Å². The van der Waals surface area contributed by atoms with Crippen LogP contribution in [0.1, 0.15) is 141 Å². The molecule has 0 saturated heterocycles. The number of benzene rings is 8. The van der Waals surface area contributed by atoms with Crippen LogP contribution >= 0.6 is 0 Å². The second-order valence-electron chi connectivity index (χ2n) is 25.3. The lowest BCUT2D eigenvalue weighted by Gasteiger charge is -2.27. The molecule has 83 heavy (non-hydrogen) atoms. The van der Waals surface area contributed by atoms with Gasteiger partial charge in [-0.05, 0) is 137 Å². The van der Waals surface area contributed by atoms with Crippen LogP contribution < -0.4 is 9.80 Å². The Morgan fingerprint density at radius 3 is 1.22 bits per heavy atom. The van der Waals surface area contributed by atoms with Crippen molar-refractivity contribution in [2.75, 3.05) is 37.0 Å². The average molecular weight is 1090 g/mol. The molecule has 0 amide bonds. The van der Waals surface area contributed by atoms with E-state index in [0.29, 0.717) is 0 Å². The third-order valence-electron chi connectivity index (χ3n) is 19.5. The molecule has 0 bridgehead atoms. The maximum absolute atomic E-state index is 3.58. The van der Waals surface area contributed by atoms with Crippen molar-refractivity contribution in [1.29, 1.82) is 0 Å². The Labute approximate surface area is 495 Å². The van der Waals surface area contributed by atoms with E-state index < -0.39 is 0 Å². The van der Waals surface area contributed by atoms with E-state index in [9.17, 15) is 0 Å². The number of hydrogen-bond acceptors (Lipinski definition) is 2. The van der Waals surface area contributed by atoms with Gasteiger partial charge in [0.1, 0.15) is 14.1 Å². The van der Waals surface area contributed by atoms with Crippen LogP contribution in [0, 0.1) is 23.7 Å². The molecule has 2 atom stereocenters. The molecule has 4 aliphatic heterocycles. The Balaban J connectivity index is 0.954. The van der Waals surface area contributed by atoms with Gasteiger partial charge in [0.15, 0.2) is 11.4 Å². The zero-order valence-electron chi connectivity index (χ0n) is 51.3. The van der Waals surface area contributed by atoms with Crippen molar-refractivity contribution in [3.63, 3.8) is 0 Å². The summed E-state index contributed by atoms with van der Waals surface area (Å²) in [5, 5.41) is 10.5. The lowest BCUT2D eigenvalue weighted by atomic mass is 9.73. The molecule has 8 aromatic carbocycles. The monoisotopic (exact) mass is 1090 g/mol. The van der Waals surface area contributed by atoms with E-state index in [1.165, 1.54) is 122 Å². The minimum atomic E-state index is -0.351. The van der Waals surface area contributed by atoms with Crippen molar-refractivity contribution in [3.05, 3.63) is 215 Å². The first-order chi connectivity index (χ1) is 40.1. The first-order valence-electron chi connectivity index (χ1n) is 30.6. The molecule has 0 aliphatic carbocycles. The lowest BCUT2D eigenvalue weighted by Crippen LogP contribution is -2.30. The first kappa shape index (κ1) is 55.4. The van der Waals surface area contributed by atoms with E-state index in [1.807, 2.05) is 13.8 Å². The molecule has 2 unspecified atom stereocenters. The van der Waals surface area contributed by atoms with Gasteiger partial charge in [0.05, 0.1) is 10.8 Å². The van der Waals surface area contributed by atoms with Gasteiger partial charge in [0, 0.05) is 94.9 Å². The number of hydrogen-bond donors (Lipinski definition) is 0. The predicted molar refractivity (Wildman–Crippen MR) is 356 cm³/mol. The van der Waals surface area contributed by atoms with Crippen LogP contribution in [0.25, 0.3) is 43.1 Å². The number of fused-ring (bicyclic) bond motifs is 12. The van der Waals surface area contributed by atoms with Crippen LogP contribution in [0.2, 0.25) is 0 Å². The largest absolute Gasteiger partial charge is 0.344 e. The molecule has 4 nitrogen and oxygen atoms in total. The van der Waals surface area contributed by atoms with Crippen LogP contribution in [-0.4, -0.2) is 47.8 Å². The van der Waals surface area contributed by atoms with Gasteiger partial charge in [-0.3, -0.25) is 0 Å². The highest BCUT2D eigenvalue weighted by Gasteiger charge is 2.50. The van der Waals surface area contributed by atoms with Crippen LogP contribution in [0.5, 0.6) is 0 Å². The van der Waals surface area contributed by atoms with Gasteiger partial charge in [0.2, 0.25) is 11.4 Å². The quantitative estimate of drug-likeness (QED) is 0.0795. The molecule has 0 aromatic heterocycles. The Morgan fingerprint density at radius 2 is 0.831 bits per heavy atom. The van der Waals surface area contributed by atoms with E-state index in [1.54, 1.807) is 0 Å². The fraction of sp³-hybridized carbons (Fsp3) is 0.316. The number of rotatable bonds is 14. The third kappa shape index (κ3) is 8.82. The summed E-state index contributed by atoms with van der Waals surface area (Å²) < 4.78 is 4.95. The summed E-state index contributed by atoms with van der Waals surface area (Å²) in [5.74, 6) is 13.8. The van der Waals surface area contributed by atoms with Crippen molar-refractivity contribution in [2.24, 2.45) is 0 Å². The summed E-state index contributed by atoms with van der Waals surface area (Å²) in [6.45, 7) is 25.0. The second-order valence-corrected chi connectivity index (χ2v) is 25.3. The molecule has 416 valence electrons. The van der Waals surface area contributed by atoms with Gasteiger partial charge >= 0.3 is 0 Å². The smallest absolute Gasteiger partial charge is 0.210 e. The molecule has 0 spiro atoms. The van der Waals surface area contributed by atoms with Crippen molar-refractivity contribution in [3.8, 4) is 23.7 Å². The molecule has 0 N–H and O–H groups in total. The standard InChI is InChI=1S/C79H82N4/c1-13-17-47-78(9)70(41-29-39-68-76(5,6)72-60-35-23-21-31-54(60)43-45-64(72)82(68)49-19-15-3)80(11)66-52-56(58-33-25-27-37-62(58)74(66)78)51-57-53-67-75(63-38-28-26-34-59(57)63)79(10,48-18-14-2)71(81(67)12)42-30-40-69-77(7,8)73-61-36-24-22-32-55(61)44-46-65(73)83(69)50-20-16-4/h21-46,52-53H,15-16,19-20,47-51H2,1-12H3/q+2. The predicted octanol–water partition coefficient (Wildman–Crippen LogP) is 18.8. The summed E-state index contributed by atoms with van der Waals surface area (Å²) in [6.07, 6.45) is 21.1. The normalized spacial score (nSPS) is 20.4. The Bertz CT molecular complexity index is 4040. The summed E-state index contributed by atoms with van der Waals surface area (Å²) >= 11 is 0. The zero-order chi connectivity index (χ0) is 58.0. The molecular formula is C79H82N4+2. The molecule has 0 saturated carbocycles. The van der Waals surface area contributed by atoms with Crippen molar-refractivity contribution < 1.29 is 9.15 Å². The highest BCUT2D eigenvalue weighted by Crippen LogP contribution is 2.54. The minimum Gasteiger partial charge on any atom is -0.344 e. The van der Waals surface area contributed by atoms with E-state index in [4.69, 9.17) is 0 Å². The SMILES string of the molecule is CC#CCC1(C)C(/C=C/C=C2/N(CCCC)c3ccc4ccccc4c3C2(C)C)=[N+](C)c2cc(Cc3cc4c(c5ccccc35)C(C)(CC#CC)C(/C=C/C=C3/N(CCCC)c5ccc6ccccc6c5C3(C)C)=[N+]4C)c3ccccc3c21. The van der Waals surface area contributed by atoms with Crippen molar-refractivity contribution in [2.45, 2.75) is 136 Å². The highest BCUT2D eigenvalue weighted by atomic mass is 15.2. The fourth-order valence-corrected chi connectivity index (χ4v) is 15.4. The summed E-state index contributed by atoms with van der Waals surface area (Å²) in [7, 11) is 4.56. The number of allylic oxidation sites excluding steroid dienone is 8. The zero-order valence-corrected chi connectivity index (χ0v) is 51.3. The molecule has 0 fully saturated rings. The van der Waals surface area contributed by atoms with E-state index in [0.717, 1.165) is 58.0 Å². The third-order valence-corrected chi connectivity index (χ3v) is 19.5. The second kappa shape index (κ2) is 21.5. The first-order valence-corrected chi connectivity index (χ1v) is 30.6. The molecule has 0 radical (unpaired) electrons.